The van der Waals surface area contributed by atoms with Crippen molar-refractivity contribution < 1.29 is 23.1 Å². The first-order valence-corrected chi connectivity index (χ1v) is 12.5. The molecule has 0 saturated carbocycles. The van der Waals surface area contributed by atoms with E-state index in [0.29, 0.717) is 13.1 Å². The molecule has 33 heavy (non-hydrogen) atoms. The number of H-pyrrole nitrogens is 1. The number of nitrogens with zero attached hydrogens (tertiary/aromatic N) is 1. The van der Waals surface area contributed by atoms with Crippen LogP contribution in [-0.2, 0) is 21.2 Å². The SMILES string of the molecule is O=C(N[C@H](Cc1c[nH]c2ccccc12)C(=O)O)c1cc(S(=O)(=O)N2CCCCC2)ccc1Cl. The monoisotopic (exact) mass is 489 g/mol. The Hall–Kier alpha value is -2.88. The molecule has 1 amide bonds. The van der Waals surface area contributed by atoms with E-state index in [4.69, 9.17) is 11.6 Å². The van der Waals surface area contributed by atoms with Crippen molar-refractivity contribution in [2.45, 2.75) is 36.6 Å². The lowest BCUT2D eigenvalue weighted by Gasteiger charge is -2.26. The average Bonchev–Trinajstić information content (AvgIpc) is 3.22. The van der Waals surface area contributed by atoms with Crippen LogP contribution in [0.25, 0.3) is 10.9 Å². The van der Waals surface area contributed by atoms with Crippen LogP contribution in [0.5, 0.6) is 0 Å². The number of nitrogens with one attached hydrogen (secondary N) is 2. The first kappa shape index (κ1) is 23.3. The summed E-state index contributed by atoms with van der Waals surface area (Å²) in [4.78, 5) is 27.9. The number of carbonyl (C=O) groups excluding carboxylic acids is 1. The molecule has 0 unspecified atom stereocenters. The summed E-state index contributed by atoms with van der Waals surface area (Å²) in [6.07, 6.45) is 4.32. The second-order valence-electron chi connectivity index (χ2n) is 8.03. The van der Waals surface area contributed by atoms with Crippen LogP contribution in [-0.4, -0.2) is 53.8 Å². The maximum absolute atomic E-state index is 13.0. The number of hydrogen-bond donors (Lipinski definition) is 3. The Kier molecular flexibility index (Phi) is 6.73. The van der Waals surface area contributed by atoms with E-state index in [1.807, 2.05) is 24.3 Å². The summed E-state index contributed by atoms with van der Waals surface area (Å²) in [6, 6.07) is 10.2. The van der Waals surface area contributed by atoms with Crippen LogP contribution in [0.2, 0.25) is 5.02 Å². The molecule has 3 N–H and O–H groups in total. The number of halogens is 1. The zero-order chi connectivity index (χ0) is 23.6. The quantitative estimate of drug-likeness (QED) is 0.469. The largest absolute Gasteiger partial charge is 0.480 e. The van der Waals surface area contributed by atoms with E-state index in [0.717, 1.165) is 35.7 Å². The van der Waals surface area contributed by atoms with Gasteiger partial charge in [-0.25, -0.2) is 13.2 Å². The van der Waals surface area contributed by atoms with Gasteiger partial charge in [0.05, 0.1) is 15.5 Å². The zero-order valence-corrected chi connectivity index (χ0v) is 19.3. The highest BCUT2D eigenvalue weighted by Crippen LogP contribution is 2.25. The molecule has 1 fully saturated rings. The Morgan fingerprint density at radius 1 is 1.12 bits per heavy atom. The van der Waals surface area contributed by atoms with Gasteiger partial charge in [-0.15, -0.1) is 0 Å². The van der Waals surface area contributed by atoms with Gasteiger partial charge >= 0.3 is 5.97 Å². The summed E-state index contributed by atoms with van der Waals surface area (Å²) in [5, 5.41) is 13.1. The lowest BCUT2D eigenvalue weighted by molar-refractivity contribution is -0.139. The number of aromatic amines is 1. The molecular weight excluding hydrogens is 466 g/mol. The smallest absolute Gasteiger partial charge is 0.326 e. The first-order valence-electron chi connectivity index (χ1n) is 10.7. The molecule has 4 rings (SSSR count). The topological polar surface area (TPSA) is 120 Å². The number of para-hydroxylation sites is 1. The third kappa shape index (κ3) is 4.90. The Labute approximate surface area is 196 Å². The number of benzene rings is 2. The number of rotatable bonds is 7. The molecule has 3 aromatic rings. The summed E-state index contributed by atoms with van der Waals surface area (Å²) in [5.74, 6) is -1.95. The maximum atomic E-state index is 13.0. The van der Waals surface area contributed by atoms with Crippen LogP contribution in [0.1, 0.15) is 35.2 Å². The Morgan fingerprint density at radius 3 is 2.58 bits per heavy atom. The van der Waals surface area contributed by atoms with Crippen molar-refractivity contribution in [2.75, 3.05) is 13.1 Å². The molecule has 0 bridgehead atoms. The van der Waals surface area contributed by atoms with Crippen LogP contribution in [0.4, 0.5) is 0 Å². The average molecular weight is 490 g/mol. The van der Waals surface area contributed by atoms with Crippen molar-refractivity contribution in [3.63, 3.8) is 0 Å². The second kappa shape index (κ2) is 9.54. The van der Waals surface area contributed by atoms with Gasteiger partial charge in [0.1, 0.15) is 6.04 Å². The molecule has 1 aliphatic rings. The highest BCUT2D eigenvalue weighted by Gasteiger charge is 2.28. The van der Waals surface area contributed by atoms with E-state index in [-0.39, 0.29) is 21.9 Å². The van der Waals surface area contributed by atoms with Crippen LogP contribution >= 0.6 is 11.6 Å². The maximum Gasteiger partial charge on any atom is 0.326 e. The minimum Gasteiger partial charge on any atom is -0.480 e. The lowest BCUT2D eigenvalue weighted by atomic mass is 10.0. The van der Waals surface area contributed by atoms with E-state index in [1.165, 1.54) is 22.5 Å². The molecule has 2 aromatic carbocycles. The van der Waals surface area contributed by atoms with Crippen LogP contribution < -0.4 is 5.32 Å². The van der Waals surface area contributed by atoms with Gasteiger partial charge in [-0.1, -0.05) is 36.2 Å². The van der Waals surface area contributed by atoms with E-state index >= 15 is 0 Å². The van der Waals surface area contributed by atoms with Crippen molar-refractivity contribution in [3.8, 4) is 0 Å². The summed E-state index contributed by atoms with van der Waals surface area (Å²) in [7, 11) is -3.77. The molecule has 2 heterocycles. The molecule has 174 valence electrons. The van der Waals surface area contributed by atoms with Gasteiger partial charge in [-0.05, 0) is 42.7 Å². The third-order valence-electron chi connectivity index (χ3n) is 5.84. The summed E-state index contributed by atoms with van der Waals surface area (Å²) in [5.41, 5.74) is 1.52. The Morgan fingerprint density at radius 2 is 1.85 bits per heavy atom. The number of aromatic nitrogens is 1. The van der Waals surface area contributed by atoms with Gasteiger partial charge in [0, 0.05) is 36.6 Å². The number of piperidine rings is 1. The summed E-state index contributed by atoms with van der Waals surface area (Å²) >= 11 is 6.19. The number of carbonyl (C=O) groups is 2. The van der Waals surface area contributed by atoms with E-state index < -0.39 is 27.9 Å². The van der Waals surface area contributed by atoms with E-state index in [1.54, 1.807) is 6.20 Å². The zero-order valence-electron chi connectivity index (χ0n) is 17.8. The first-order chi connectivity index (χ1) is 15.8. The highest BCUT2D eigenvalue weighted by molar-refractivity contribution is 7.89. The van der Waals surface area contributed by atoms with Gasteiger partial charge < -0.3 is 15.4 Å². The molecule has 0 spiro atoms. The van der Waals surface area contributed by atoms with E-state index in [9.17, 15) is 23.1 Å². The molecule has 0 aliphatic carbocycles. The van der Waals surface area contributed by atoms with Crippen molar-refractivity contribution in [2.24, 2.45) is 0 Å². The fraction of sp³-hybridized carbons (Fsp3) is 0.304. The molecule has 1 aromatic heterocycles. The number of sulfonamides is 1. The predicted octanol–water partition coefficient (Wildman–Crippen LogP) is 3.42. The van der Waals surface area contributed by atoms with Gasteiger partial charge in [0.25, 0.3) is 5.91 Å². The lowest BCUT2D eigenvalue weighted by Crippen LogP contribution is -2.42. The minimum atomic E-state index is -3.77. The number of carboxylic acid groups (broad SMARTS) is 1. The minimum absolute atomic E-state index is 0.0394. The second-order valence-corrected chi connectivity index (χ2v) is 10.4. The Balaban J connectivity index is 1.57. The number of amides is 1. The fourth-order valence-electron chi connectivity index (χ4n) is 4.05. The molecule has 0 radical (unpaired) electrons. The normalized spacial score (nSPS) is 15.9. The summed E-state index contributed by atoms with van der Waals surface area (Å²) in [6.45, 7) is 0.858. The van der Waals surface area contributed by atoms with Gasteiger partial charge in [-0.3, -0.25) is 4.79 Å². The van der Waals surface area contributed by atoms with Crippen molar-refractivity contribution in [1.29, 1.82) is 0 Å². The Bertz CT molecular complexity index is 1300. The van der Waals surface area contributed by atoms with Crippen molar-refractivity contribution >= 4 is 44.4 Å². The number of fused-ring (bicyclic) bond motifs is 1. The number of carboxylic acids is 1. The molecule has 10 heteroatoms. The molecular formula is C23H24ClN3O5S. The number of aliphatic carboxylic acids is 1. The van der Waals surface area contributed by atoms with Crippen LogP contribution in [0.3, 0.4) is 0 Å². The standard InChI is InChI=1S/C23H24ClN3O5S/c24-19-9-8-16(33(31,32)27-10-4-1-5-11-27)13-18(19)22(28)26-21(23(29)30)12-15-14-25-20-7-3-2-6-17(15)20/h2-3,6-9,13-14,21,25H,1,4-5,10-12H2,(H,26,28)(H,29,30)/t21-/m1/s1. The van der Waals surface area contributed by atoms with Crippen molar-refractivity contribution in [1.82, 2.24) is 14.6 Å². The summed E-state index contributed by atoms with van der Waals surface area (Å²) < 4.78 is 27.4. The van der Waals surface area contributed by atoms with Crippen molar-refractivity contribution in [3.05, 3.63) is 64.8 Å². The van der Waals surface area contributed by atoms with E-state index in [2.05, 4.69) is 10.3 Å². The predicted molar refractivity (Wildman–Crippen MR) is 125 cm³/mol. The molecule has 1 atom stereocenters. The third-order valence-corrected chi connectivity index (χ3v) is 8.06. The molecule has 8 nitrogen and oxygen atoms in total. The van der Waals surface area contributed by atoms with Gasteiger partial charge in [0.2, 0.25) is 10.0 Å². The van der Waals surface area contributed by atoms with Gasteiger partial charge in [0.15, 0.2) is 0 Å². The highest BCUT2D eigenvalue weighted by atomic mass is 35.5. The van der Waals surface area contributed by atoms with Crippen LogP contribution in [0.15, 0.2) is 53.6 Å². The number of hydrogen-bond acceptors (Lipinski definition) is 4. The molecule has 1 saturated heterocycles. The van der Waals surface area contributed by atoms with Crippen LogP contribution in [0, 0.1) is 0 Å². The van der Waals surface area contributed by atoms with Gasteiger partial charge in [-0.2, -0.15) is 4.31 Å². The molecule has 1 aliphatic heterocycles. The fourth-order valence-corrected chi connectivity index (χ4v) is 5.80.